The summed E-state index contributed by atoms with van der Waals surface area (Å²) in [6, 6.07) is 7.52. The van der Waals surface area contributed by atoms with Crippen molar-refractivity contribution in [3.63, 3.8) is 0 Å². The molecule has 0 fully saturated rings. The largest absolute Gasteiger partial charge is 0.392 e. The fourth-order valence-corrected chi connectivity index (χ4v) is 6.94. The number of hydrogen-bond donors (Lipinski definition) is 8. The molecule has 0 aliphatic carbocycles. The number of benzene rings is 2. The minimum atomic E-state index is -4.89. The van der Waals surface area contributed by atoms with Gasteiger partial charge in [-0.05, 0) is 86.3 Å². The van der Waals surface area contributed by atoms with E-state index in [1.807, 2.05) is 0 Å². The first-order chi connectivity index (χ1) is 26.1. The Hall–Kier alpha value is -4.36. The number of anilines is 6. The van der Waals surface area contributed by atoms with E-state index < -0.39 is 54.4 Å². The maximum atomic E-state index is 12.5. The van der Waals surface area contributed by atoms with Gasteiger partial charge in [0.2, 0.25) is 34.4 Å². The quantitative estimate of drug-likeness (QED) is 0.0527. The molecule has 304 valence electrons. The lowest BCUT2D eigenvalue weighted by molar-refractivity contribution is 0.176. The molecule has 24 heteroatoms. The van der Waals surface area contributed by atoms with Gasteiger partial charge in [-0.15, -0.1) is 0 Å². The van der Waals surface area contributed by atoms with Crippen LogP contribution in [0.15, 0.2) is 46.2 Å². The summed E-state index contributed by atoms with van der Waals surface area (Å²) in [5.74, 6) is -0.253. The number of aromatic nitrogens is 6. The SMILES string of the molecule is CC(O)CN(CC(C)O)c1nc(Cl)nc(Nc2ccc(/C=C/c3ccc(Nc4nc(Cl)nc(N(CC(C)O)CC(C)O)n4)cc3S(=O)(=O)O)c(S(=O)(=O)O)c2)n1. The first-order valence-corrected chi connectivity index (χ1v) is 20.2. The second kappa shape index (κ2) is 18.7. The molecule has 0 bridgehead atoms. The highest BCUT2D eigenvalue weighted by molar-refractivity contribution is 7.86. The summed E-state index contributed by atoms with van der Waals surface area (Å²) in [7, 11) is -9.78. The van der Waals surface area contributed by atoms with Gasteiger partial charge >= 0.3 is 0 Å². The molecule has 2 heterocycles. The molecule has 2 aromatic carbocycles. The molecule has 20 nitrogen and oxygen atoms in total. The van der Waals surface area contributed by atoms with Gasteiger partial charge in [-0.1, -0.05) is 24.3 Å². The van der Waals surface area contributed by atoms with Gasteiger partial charge in [-0.3, -0.25) is 9.11 Å². The summed E-state index contributed by atoms with van der Waals surface area (Å²) >= 11 is 12.2. The first kappa shape index (κ1) is 44.4. The van der Waals surface area contributed by atoms with Crippen molar-refractivity contribution >= 4 is 90.8 Å². The number of rotatable bonds is 18. The third-order valence-corrected chi connectivity index (χ3v) is 9.39. The summed E-state index contributed by atoms with van der Waals surface area (Å²) in [5, 5.41) is 44.7. The Morgan fingerprint density at radius 3 is 1.20 bits per heavy atom. The molecule has 0 aliphatic heterocycles. The molecular weight excluding hydrogens is 819 g/mol. The van der Waals surface area contributed by atoms with Gasteiger partial charge in [0, 0.05) is 37.6 Å². The number of aliphatic hydroxyl groups is 4. The zero-order chi connectivity index (χ0) is 41.5. The molecule has 2 aromatic heterocycles. The number of nitrogens with one attached hydrogen (secondary N) is 2. The molecule has 4 unspecified atom stereocenters. The Labute approximate surface area is 332 Å². The van der Waals surface area contributed by atoms with Gasteiger partial charge in [-0.2, -0.15) is 46.7 Å². The van der Waals surface area contributed by atoms with Gasteiger partial charge in [-0.25, -0.2) is 0 Å². The van der Waals surface area contributed by atoms with E-state index in [-0.39, 0.29) is 83.0 Å². The van der Waals surface area contributed by atoms with E-state index in [9.17, 15) is 46.4 Å². The van der Waals surface area contributed by atoms with Gasteiger partial charge in [0.05, 0.1) is 24.4 Å². The van der Waals surface area contributed by atoms with Crippen molar-refractivity contribution in [2.24, 2.45) is 0 Å². The molecule has 0 radical (unpaired) electrons. The lowest BCUT2D eigenvalue weighted by Gasteiger charge is -2.25. The Kier molecular flexibility index (Phi) is 14.8. The molecule has 0 aliphatic rings. The minimum Gasteiger partial charge on any atom is -0.392 e. The molecule has 4 atom stereocenters. The van der Waals surface area contributed by atoms with Gasteiger partial charge in [0.25, 0.3) is 20.2 Å². The van der Waals surface area contributed by atoms with E-state index in [1.165, 1.54) is 73.9 Å². The van der Waals surface area contributed by atoms with Crippen molar-refractivity contribution in [1.29, 1.82) is 0 Å². The van der Waals surface area contributed by atoms with Crippen molar-refractivity contribution in [3.8, 4) is 0 Å². The van der Waals surface area contributed by atoms with Gasteiger partial charge < -0.3 is 40.9 Å². The number of halogens is 2. The van der Waals surface area contributed by atoms with E-state index in [1.54, 1.807) is 0 Å². The predicted octanol–water partition coefficient (Wildman–Crippen LogP) is 2.65. The normalized spacial score (nSPS) is 14.3. The maximum Gasteiger partial charge on any atom is 0.295 e. The van der Waals surface area contributed by atoms with Crippen LogP contribution in [0.1, 0.15) is 38.8 Å². The van der Waals surface area contributed by atoms with Crippen LogP contribution < -0.4 is 20.4 Å². The standard InChI is InChI=1S/C32H40Cl2N10O10S2/c1-17(45)13-43(14-18(2)46)31-39-27(33)37-29(41-31)35-23-9-7-21(25(11-23)55(49,50)51)5-6-22-8-10-24(12-26(22)56(52,53)54)36-30-38-28(34)40-32(42-30)44(15-19(3)47)16-20(4)48/h5-12,17-20,45-48H,13-16H2,1-4H3,(H,49,50,51)(H,52,53,54)(H,35,37,39,41)(H,36,38,40,42)/b6-5+. The Morgan fingerprint density at radius 2 is 0.911 bits per heavy atom. The average Bonchev–Trinajstić information content (AvgIpc) is 3.05. The zero-order valence-corrected chi connectivity index (χ0v) is 33.4. The fraction of sp³-hybridized carbons (Fsp3) is 0.375. The summed E-state index contributed by atoms with van der Waals surface area (Å²) in [5.41, 5.74) is -0.00304. The highest BCUT2D eigenvalue weighted by atomic mass is 35.5. The molecular formula is C32H40Cl2N10O10S2. The molecule has 0 saturated carbocycles. The van der Waals surface area contributed by atoms with Crippen LogP contribution in [-0.4, -0.2) is 127 Å². The molecule has 0 saturated heterocycles. The van der Waals surface area contributed by atoms with Crippen molar-refractivity contribution in [1.82, 2.24) is 29.9 Å². The number of hydrogen-bond acceptors (Lipinski definition) is 18. The fourth-order valence-electron chi connectivity index (χ4n) is 5.21. The molecule has 4 rings (SSSR count). The third kappa shape index (κ3) is 13.1. The second-order valence-corrected chi connectivity index (χ2v) is 16.2. The van der Waals surface area contributed by atoms with Crippen LogP contribution in [0.5, 0.6) is 0 Å². The topological polar surface area (TPSA) is 298 Å². The minimum absolute atomic E-state index is 0.00800. The summed E-state index contributed by atoms with van der Waals surface area (Å²) in [6.07, 6.45) is -0.890. The van der Waals surface area contributed by atoms with Crippen molar-refractivity contribution < 1.29 is 46.4 Å². The highest BCUT2D eigenvalue weighted by Gasteiger charge is 2.21. The Bertz CT molecular complexity index is 2090. The number of aliphatic hydroxyl groups excluding tert-OH is 4. The van der Waals surface area contributed by atoms with Crippen LogP contribution in [0.25, 0.3) is 12.2 Å². The van der Waals surface area contributed by atoms with E-state index in [4.69, 9.17) is 23.2 Å². The molecule has 0 spiro atoms. The van der Waals surface area contributed by atoms with Crippen molar-refractivity contribution in [2.45, 2.75) is 61.9 Å². The first-order valence-electron chi connectivity index (χ1n) is 16.6. The van der Waals surface area contributed by atoms with Crippen molar-refractivity contribution in [2.75, 3.05) is 46.6 Å². The van der Waals surface area contributed by atoms with Crippen LogP contribution >= 0.6 is 23.2 Å². The monoisotopic (exact) mass is 858 g/mol. The molecule has 4 aromatic rings. The van der Waals surface area contributed by atoms with Crippen LogP contribution in [0.2, 0.25) is 10.6 Å². The third-order valence-electron chi connectivity index (χ3n) is 7.23. The van der Waals surface area contributed by atoms with Crippen molar-refractivity contribution in [3.05, 3.63) is 58.1 Å². The highest BCUT2D eigenvalue weighted by Crippen LogP contribution is 2.29. The molecule has 8 N–H and O–H groups in total. The van der Waals surface area contributed by atoms with E-state index in [0.717, 1.165) is 12.1 Å². The van der Waals surface area contributed by atoms with E-state index in [2.05, 4.69) is 40.5 Å². The number of nitrogens with zero attached hydrogens (tertiary/aromatic N) is 8. The Balaban J connectivity index is 1.65. The summed E-state index contributed by atoms with van der Waals surface area (Å²) in [6.45, 7) is 6.30. The smallest absolute Gasteiger partial charge is 0.295 e. The Morgan fingerprint density at radius 1 is 0.589 bits per heavy atom. The van der Waals surface area contributed by atoms with Gasteiger partial charge in [0.15, 0.2) is 0 Å². The van der Waals surface area contributed by atoms with Gasteiger partial charge in [0.1, 0.15) is 9.79 Å². The average molecular weight is 860 g/mol. The van der Waals surface area contributed by atoms with E-state index >= 15 is 0 Å². The zero-order valence-electron chi connectivity index (χ0n) is 30.2. The lowest BCUT2D eigenvalue weighted by atomic mass is 10.1. The maximum absolute atomic E-state index is 12.5. The lowest BCUT2D eigenvalue weighted by Crippen LogP contribution is -2.37. The van der Waals surface area contributed by atoms with Crippen LogP contribution in [0.3, 0.4) is 0 Å². The predicted molar refractivity (Wildman–Crippen MR) is 209 cm³/mol. The van der Waals surface area contributed by atoms with E-state index in [0.29, 0.717) is 0 Å². The van der Waals surface area contributed by atoms with Crippen LogP contribution in [-0.2, 0) is 20.2 Å². The van der Waals surface area contributed by atoms with Crippen LogP contribution in [0.4, 0.5) is 35.2 Å². The second-order valence-electron chi connectivity index (χ2n) is 12.7. The summed E-state index contributed by atoms with van der Waals surface area (Å²) in [4.78, 5) is 26.4. The summed E-state index contributed by atoms with van der Waals surface area (Å²) < 4.78 is 70.2. The molecule has 56 heavy (non-hydrogen) atoms. The molecule has 0 amide bonds. The van der Waals surface area contributed by atoms with Crippen LogP contribution in [0, 0.1) is 0 Å².